The molecule has 3 aliphatic rings. The van der Waals surface area contributed by atoms with Crippen LogP contribution in [-0.2, 0) is 32.0 Å². The van der Waals surface area contributed by atoms with E-state index in [-0.39, 0.29) is 61.0 Å². The van der Waals surface area contributed by atoms with Crippen LogP contribution >= 0.6 is 26.6 Å². The van der Waals surface area contributed by atoms with E-state index in [1.807, 2.05) is 4.57 Å². The zero-order valence-electron chi connectivity index (χ0n) is 23.6. The summed E-state index contributed by atoms with van der Waals surface area (Å²) in [5, 5.41) is 0. The first-order chi connectivity index (χ1) is 21.6. The van der Waals surface area contributed by atoms with Crippen LogP contribution in [0.1, 0.15) is 25.1 Å². The van der Waals surface area contributed by atoms with Crippen LogP contribution in [0.5, 0.6) is 0 Å². The Bertz CT molecular complexity index is 2100. The minimum Gasteiger partial charge on any atom is -0.382 e. The number of anilines is 1. The number of ether oxygens (including phenoxy) is 1. The van der Waals surface area contributed by atoms with E-state index in [9.17, 15) is 13.9 Å². The molecule has 0 radical (unpaired) electrons. The summed E-state index contributed by atoms with van der Waals surface area (Å²) < 4.78 is 61.5. The van der Waals surface area contributed by atoms with Crippen molar-refractivity contribution in [2.45, 2.75) is 37.3 Å². The van der Waals surface area contributed by atoms with E-state index in [0.717, 1.165) is 0 Å². The lowest BCUT2D eigenvalue weighted by Gasteiger charge is -2.45. The van der Waals surface area contributed by atoms with E-state index in [1.165, 1.54) is 36.1 Å². The average Bonchev–Trinajstić information content (AvgIpc) is 3.77. The van der Waals surface area contributed by atoms with Crippen molar-refractivity contribution >= 4 is 60.6 Å². The molecule has 0 spiro atoms. The third kappa shape index (κ3) is 5.11. The quantitative estimate of drug-likeness (QED) is 0.181. The van der Waals surface area contributed by atoms with Gasteiger partial charge in [0.05, 0.1) is 38.6 Å². The van der Waals surface area contributed by atoms with Crippen LogP contribution in [0.2, 0.25) is 0 Å². The van der Waals surface area contributed by atoms with Gasteiger partial charge in [-0.2, -0.15) is 0 Å². The molecule has 1 aliphatic carbocycles. The summed E-state index contributed by atoms with van der Waals surface area (Å²) in [6, 6.07) is -0.154. The lowest BCUT2D eigenvalue weighted by atomic mass is 9.70. The van der Waals surface area contributed by atoms with Crippen LogP contribution in [0.3, 0.4) is 0 Å². The second kappa shape index (κ2) is 10.7. The van der Waals surface area contributed by atoms with Gasteiger partial charge in [-0.05, 0) is 12.3 Å². The first-order valence-corrected chi connectivity index (χ1v) is 18.8. The monoisotopic (exact) mass is 678 g/mol. The van der Waals surface area contributed by atoms with Gasteiger partial charge >= 0.3 is 14.4 Å². The van der Waals surface area contributed by atoms with Crippen LogP contribution < -0.4 is 11.3 Å². The molecule has 8 atom stereocenters. The predicted molar refractivity (Wildman–Crippen MR) is 161 cm³/mol. The van der Waals surface area contributed by atoms with Gasteiger partial charge < -0.3 is 33.6 Å². The Morgan fingerprint density at radius 1 is 1.00 bits per heavy atom. The Morgan fingerprint density at radius 2 is 1.80 bits per heavy atom. The van der Waals surface area contributed by atoms with Crippen molar-refractivity contribution in [3.8, 4) is 0 Å². The molecule has 0 aromatic carbocycles. The molecular formula is C24H28N10O8P2S. The number of fused-ring (bicyclic) bond motifs is 6. The van der Waals surface area contributed by atoms with Crippen molar-refractivity contribution in [2.75, 3.05) is 32.2 Å². The highest BCUT2D eigenvalue weighted by Gasteiger charge is 2.47. The third-order valence-corrected chi connectivity index (χ3v) is 11.5. The maximum Gasteiger partial charge on any atom is 0.386 e. The molecule has 45 heavy (non-hydrogen) atoms. The van der Waals surface area contributed by atoms with Gasteiger partial charge in [-0.1, -0.05) is 12.2 Å². The molecule has 5 aromatic heterocycles. The van der Waals surface area contributed by atoms with E-state index in [1.54, 1.807) is 10.9 Å². The second-order valence-corrected chi connectivity index (χ2v) is 16.3. The molecule has 18 nitrogen and oxygen atoms in total. The van der Waals surface area contributed by atoms with E-state index in [2.05, 4.69) is 42.2 Å². The highest BCUT2D eigenvalue weighted by atomic mass is 32.7. The molecule has 3 fully saturated rings. The lowest BCUT2D eigenvalue weighted by Crippen LogP contribution is -2.43. The Kier molecular flexibility index (Phi) is 6.96. The van der Waals surface area contributed by atoms with E-state index in [0.29, 0.717) is 29.0 Å². The summed E-state index contributed by atoms with van der Waals surface area (Å²) in [4.78, 5) is 37.2. The molecule has 8 rings (SSSR count). The Hall–Kier alpha value is -3.15. The molecule has 5 aromatic rings. The SMILES string of the molecule is C[P@]1(=O)OC[C@H]2C[C@@H](n3cnc4c(N)ncnc43)[C@@H]2CO[P@](=O)(S)OC[C@@H]2C[C@@H](O1)C(n1cnc3c(=O)n4ccnc4[nH]c31)O2. The van der Waals surface area contributed by atoms with Crippen molar-refractivity contribution in [2.24, 2.45) is 11.8 Å². The number of rotatable bonds is 2. The molecule has 2 bridgehead atoms. The molecule has 238 valence electrons. The van der Waals surface area contributed by atoms with Crippen molar-refractivity contribution in [1.29, 1.82) is 0 Å². The molecule has 2 saturated heterocycles. The molecule has 1 unspecified atom stereocenters. The summed E-state index contributed by atoms with van der Waals surface area (Å²) in [6.07, 6.45) is 5.93. The van der Waals surface area contributed by atoms with Gasteiger partial charge in [-0.25, -0.2) is 33.9 Å². The Balaban J connectivity index is 1.08. The summed E-state index contributed by atoms with van der Waals surface area (Å²) in [7, 11) is -3.64. The maximum atomic E-state index is 13.7. The second-order valence-electron chi connectivity index (χ2n) is 11.4. The van der Waals surface area contributed by atoms with Crippen LogP contribution in [-0.4, -0.2) is 82.1 Å². The highest BCUT2D eigenvalue weighted by Crippen LogP contribution is 2.58. The normalized spacial score (nSPS) is 34.5. The number of hydrogen-bond donors (Lipinski definition) is 3. The van der Waals surface area contributed by atoms with Crippen molar-refractivity contribution < 1.29 is 32.0 Å². The number of H-pyrrole nitrogens is 1. The van der Waals surface area contributed by atoms with E-state index < -0.39 is 32.8 Å². The van der Waals surface area contributed by atoms with Crippen LogP contribution in [0.15, 0.2) is 36.2 Å². The van der Waals surface area contributed by atoms with Crippen molar-refractivity contribution in [3.05, 3.63) is 41.7 Å². The molecule has 2 aliphatic heterocycles. The summed E-state index contributed by atoms with van der Waals surface area (Å²) in [6.45, 7) is -2.47. The molecule has 3 N–H and O–H groups in total. The Morgan fingerprint density at radius 3 is 2.67 bits per heavy atom. The predicted octanol–water partition coefficient (Wildman–Crippen LogP) is 2.57. The topological polar surface area (TPSA) is 218 Å². The average molecular weight is 679 g/mol. The molecule has 0 amide bonds. The largest absolute Gasteiger partial charge is 0.386 e. The number of hydrogen-bond acceptors (Lipinski definition) is 14. The third-order valence-electron chi connectivity index (χ3n) is 8.60. The minimum absolute atomic E-state index is 0.0159. The molecule has 1 saturated carbocycles. The zero-order chi connectivity index (χ0) is 31.1. The number of nitrogen functional groups attached to an aromatic ring is 1. The van der Waals surface area contributed by atoms with Crippen LogP contribution in [0.25, 0.3) is 28.1 Å². The fraction of sp³-hybridized carbons (Fsp3) is 0.500. The van der Waals surface area contributed by atoms with Gasteiger partial charge in [-0.15, -0.1) is 0 Å². The van der Waals surface area contributed by atoms with E-state index >= 15 is 0 Å². The van der Waals surface area contributed by atoms with Gasteiger partial charge in [0.25, 0.3) is 5.56 Å². The van der Waals surface area contributed by atoms with E-state index in [4.69, 9.17) is 28.6 Å². The number of aromatic nitrogens is 9. The van der Waals surface area contributed by atoms with Gasteiger partial charge in [0.1, 0.15) is 23.6 Å². The van der Waals surface area contributed by atoms with Crippen molar-refractivity contribution in [1.82, 2.24) is 43.4 Å². The minimum atomic E-state index is -3.83. The molecular weight excluding hydrogens is 650 g/mol. The number of nitrogens with zero attached hydrogens (tertiary/aromatic N) is 8. The Labute approximate surface area is 258 Å². The van der Waals surface area contributed by atoms with Crippen molar-refractivity contribution in [3.63, 3.8) is 0 Å². The smallest absolute Gasteiger partial charge is 0.382 e. The molecule has 21 heteroatoms. The highest BCUT2D eigenvalue weighted by molar-refractivity contribution is 8.44. The number of aromatic amines is 1. The number of thiol groups is 1. The number of nitrogens with two attached hydrogens (primary N) is 1. The lowest BCUT2D eigenvalue weighted by molar-refractivity contribution is -0.0434. The number of nitrogens with one attached hydrogen (secondary N) is 1. The first-order valence-electron chi connectivity index (χ1n) is 14.1. The maximum absolute atomic E-state index is 13.7. The summed E-state index contributed by atoms with van der Waals surface area (Å²) in [5.41, 5.74) is 7.14. The summed E-state index contributed by atoms with van der Waals surface area (Å²) in [5.74, 6) is 0.203. The number of imidazole rings is 3. The molecule has 7 heterocycles. The van der Waals surface area contributed by atoms with Gasteiger partial charge in [0, 0.05) is 37.4 Å². The van der Waals surface area contributed by atoms with Crippen LogP contribution in [0, 0.1) is 11.8 Å². The summed E-state index contributed by atoms with van der Waals surface area (Å²) >= 11 is 4.22. The standard InChI is InChI=1S/C24H28N10O8P2S/c1-43(36)38-6-12-4-15(33-10-29-17-19(25)27-9-28-20(17)33)14(12)8-40-44(37,45)39-7-13-5-16(42-43)23(41-13)34-11-30-18-21(34)31-24-26-2-3-32(24)22(18)35/h2-3,9-16,23H,4-8H2,1H3,(H,26,31)(H,37,45)(H2,25,27,28)/t12-,13+,14-,15-,16-,23?,43+,44-/m1/s1. The zero-order valence-corrected chi connectivity index (χ0v) is 26.3. The van der Waals surface area contributed by atoms with Crippen LogP contribution in [0.4, 0.5) is 5.82 Å². The fourth-order valence-electron chi connectivity index (χ4n) is 6.33. The van der Waals surface area contributed by atoms with Gasteiger partial charge in [-0.3, -0.25) is 18.5 Å². The van der Waals surface area contributed by atoms with Gasteiger partial charge in [0.2, 0.25) is 5.78 Å². The fourth-order valence-corrected chi connectivity index (χ4v) is 8.72. The first kappa shape index (κ1) is 29.3. The van der Waals surface area contributed by atoms with Gasteiger partial charge in [0.15, 0.2) is 23.2 Å².